The Morgan fingerprint density at radius 2 is 2.14 bits per heavy atom. The third-order valence-corrected chi connectivity index (χ3v) is 3.54. The molecule has 1 aromatic carbocycles. The van der Waals surface area contributed by atoms with Gasteiger partial charge in [0.05, 0.1) is 12.7 Å². The minimum Gasteiger partial charge on any atom is -0.491 e. The van der Waals surface area contributed by atoms with Crippen molar-refractivity contribution in [2.75, 3.05) is 20.2 Å². The molecule has 0 aromatic heterocycles. The van der Waals surface area contributed by atoms with Crippen LogP contribution in [0.3, 0.4) is 0 Å². The SMILES string of the molecule is CCOc1ccc(F)c(C(=O)N(C)CC(O)C2CC2)c1F. The Labute approximate surface area is 122 Å². The second-order valence-corrected chi connectivity index (χ2v) is 5.26. The molecule has 1 unspecified atom stereocenters. The van der Waals surface area contributed by atoms with Crippen molar-refractivity contribution in [2.24, 2.45) is 5.92 Å². The van der Waals surface area contributed by atoms with E-state index in [1.807, 2.05) is 0 Å². The number of amides is 1. The Kier molecular flexibility index (Phi) is 4.77. The molecule has 116 valence electrons. The number of carbonyl (C=O) groups is 1. The Bertz CT molecular complexity index is 532. The molecule has 1 aliphatic rings. The number of hydrogen-bond donors (Lipinski definition) is 1. The molecule has 1 atom stereocenters. The Morgan fingerprint density at radius 1 is 1.48 bits per heavy atom. The lowest BCUT2D eigenvalue weighted by Crippen LogP contribution is -2.36. The molecule has 1 aromatic rings. The van der Waals surface area contributed by atoms with Gasteiger partial charge in [-0.25, -0.2) is 8.78 Å². The number of hydrogen-bond acceptors (Lipinski definition) is 3. The van der Waals surface area contributed by atoms with Gasteiger partial charge < -0.3 is 14.7 Å². The maximum atomic E-state index is 14.2. The van der Waals surface area contributed by atoms with Gasteiger partial charge in [0.25, 0.3) is 5.91 Å². The van der Waals surface area contributed by atoms with E-state index < -0.39 is 29.2 Å². The van der Waals surface area contributed by atoms with Crippen LogP contribution in [-0.4, -0.2) is 42.2 Å². The monoisotopic (exact) mass is 299 g/mol. The maximum Gasteiger partial charge on any atom is 0.259 e. The number of rotatable bonds is 6. The minimum absolute atomic E-state index is 0.0568. The van der Waals surface area contributed by atoms with Crippen molar-refractivity contribution in [1.29, 1.82) is 0 Å². The van der Waals surface area contributed by atoms with E-state index >= 15 is 0 Å². The van der Waals surface area contributed by atoms with Gasteiger partial charge in [-0.1, -0.05) is 0 Å². The number of benzene rings is 1. The summed E-state index contributed by atoms with van der Waals surface area (Å²) in [7, 11) is 1.42. The molecule has 0 saturated heterocycles. The topological polar surface area (TPSA) is 49.8 Å². The largest absolute Gasteiger partial charge is 0.491 e. The average Bonchev–Trinajstić information content (AvgIpc) is 3.26. The van der Waals surface area contributed by atoms with E-state index in [2.05, 4.69) is 0 Å². The summed E-state index contributed by atoms with van der Waals surface area (Å²) in [5.74, 6) is -2.71. The van der Waals surface area contributed by atoms with Crippen molar-refractivity contribution in [3.63, 3.8) is 0 Å². The van der Waals surface area contributed by atoms with Crippen LogP contribution in [0.2, 0.25) is 0 Å². The van der Waals surface area contributed by atoms with Gasteiger partial charge in [-0.2, -0.15) is 0 Å². The van der Waals surface area contributed by atoms with Gasteiger partial charge >= 0.3 is 0 Å². The first-order valence-corrected chi connectivity index (χ1v) is 7.00. The van der Waals surface area contributed by atoms with Crippen molar-refractivity contribution in [3.8, 4) is 5.75 Å². The Balaban J connectivity index is 2.18. The standard InChI is InChI=1S/C15H19F2NO3/c1-3-21-12-7-6-10(16)13(14(12)17)15(20)18(2)8-11(19)9-4-5-9/h6-7,9,11,19H,3-5,8H2,1-2H3. The molecule has 1 fully saturated rings. The fourth-order valence-corrected chi connectivity index (χ4v) is 2.18. The number of halogens is 2. The highest BCUT2D eigenvalue weighted by atomic mass is 19.1. The zero-order chi connectivity index (χ0) is 15.6. The van der Waals surface area contributed by atoms with Crippen LogP contribution in [0, 0.1) is 17.6 Å². The summed E-state index contributed by atoms with van der Waals surface area (Å²) in [6.45, 7) is 1.94. The van der Waals surface area contributed by atoms with Crippen molar-refractivity contribution in [1.82, 2.24) is 4.90 Å². The van der Waals surface area contributed by atoms with Gasteiger partial charge in [0.1, 0.15) is 11.4 Å². The first-order chi connectivity index (χ1) is 9.95. The van der Waals surface area contributed by atoms with E-state index in [0.29, 0.717) is 0 Å². The van der Waals surface area contributed by atoms with Gasteiger partial charge in [-0.15, -0.1) is 0 Å². The van der Waals surface area contributed by atoms with Crippen LogP contribution in [0.25, 0.3) is 0 Å². The number of nitrogens with zero attached hydrogens (tertiary/aromatic N) is 1. The summed E-state index contributed by atoms with van der Waals surface area (Å²) in [6, 6.07) is 2.16. The van der Waals surface area contributed by atoms with Gasteiger partial charge in [0.2, 0.25) is 0 Å². The molecule has 1 N–H and O–H groups in total. The predicted molar refractivity (Wildman–Crippen MR) is 73.2 cm³/mol. The molecule has 2 rings (SSSR count). The van der Waals surface area contributed by atoms with Crippen LogP contribution in [0.5, 0.6) is 5.75 Å². The summed E-state index contributed by atoms with van der Waals surface area (Å²) < 4.78 is 33.0. The number of likely N-dealkylation sites (N-methyl/N-ethyl adjacent to an activating group) is 1. The fraction of sp³-hybridized carbons (Fsp3) is 0.533. The summed E-state index contributed by atoms with van der Waals surface area (Å²) in [5.41, 5.74) is -0.647. The third kappa shape index (κ3) is 3.50. The summed E-state index contributed by atoms with van der Waals surface area (Å²) in [5, 5.41) is 9.83. The molecule has 1 amide bonds. The van der Waals surface area contributed by atoms with Crippen LogP contribution in [0.4, 0.5) is 8.78 Å². The first-order valence-electron chi connectivity index (χ1n) is 7.00. The molecule has 21 heavy (non-hydrogen) atoms. The quantitative estimate of drug-likeness (QED) is 0.876. The molecular formula is C15H19F2NO3. The molecular weight excluding hydrogens is 280 g/mol. The first kappa shape index (κ1) is 15.7. The highest BCUT2D eigenvalue weighted by molar-refractivity contribution is 5.95. The Morgan fingerprint density at radius 3 is 2.71 bits per heavy atom. The highest BCUT2D eigenvalue weighted by Crippen LogP contribution is 2.33. The zero-order valence-electron chi connectivity index (χ0n) is 12.1. The van der Waals surface area contributed by atoms with E-state index in [0.717, 1.165) is 29.9 Å². The molecule has 0 radical (unpaired) electrons. The number of carbonyl (C=O) groups excluding carboxylic acids is 1. The summed E-state index contributed by atoms with van der Waals surface area (Å²) in [6.07, 6.45) is 1.19. The number of aliphatic hydroxyl groups is 1. The van der Waals surface area contributed by atoms with Crippen molar-refractivity contribution in [2.45, 2.75) is 25.9 Å². The lowest BCUT2D eigenvalue weighted by atomic mass is 10.1. The van der Waals surface area contributed by atoms with Crippen LogP contribution in [0.15, 0.2) is 12.1 Å². The van der Waals surface area contributed by atoms with Gasteiger partial charge in [0.15, 0.2) is 11.6 Å². The lowest BCUT2D eigenvalue weighted by molar-refractivity contribution is 0.0635. The second kappa shape index (κ2) is 6.39. The third-order valence-electron chi connectivity index (χ3n) is 3.54. The average molecular weight is 299 g/mol. The minimum atomic E-state index is -1.00. The zero-order valence-corrected chi connectivity index (χ0v) is 12.1. The van der Waals surface area contributed by atoms with E-state index in [1.54, 1.807) is 6.92 Å². The van der Waals surface area contributed by atoms with Gasteiger partial charge in [0, 0.05) is 13.6 Å². The van der Waals surface area contributed by atoms with Crippen LogP contribution >= 0.6 is 0 Å². The molecule has 0 bridgehead atoms. The summed E-state index contributed by atoms with van der Waals surface area (Å²) in [4.78, 5) is 13.3. The molecule has 1 aliphatic carbocycles. The van der Waals surface area contributed by atoms with Crippen LogP contribution in [-0.2, 0) is 0 Å². The van der Waals surface area contributed by atoms with E-state index in [-0.39, 0.29) is 24.8 Å². The highest BCUT2D eigenvalue weighted by Gasteiger charge is 2.32. The van der Waals surface area contributed by atoms with E-state index in [4.69, 9.17) is 4.74 Å². The van der Waals surface area contributed by atoms with Crippen LogP contribution in [0.1, 0.15) is 30.1 Å². The Hall–Kier alpha value is -1.69. The molecule has 0 aliphatic heterocycles. The van der Waals surface area contributed by atoms with Gasteiger partial charge in [-0.05, 0) is 37.8 Å². The fourth-order valence-electron chi connectivity index (χ4n) is 2.18. The van der Waals surface area contributed by atoms with Crippen molar-refractivity contribution >= 4 is 5.91 Å². The summed E-state index contributed by atoms with van der Waals surface area (Å²) >= 11 is 0. The molecule has 6 heteroatoms. The second-order valence-electron chi connectivity index (χ2n) is 5.26. The van der Waals surface area contributed by atoms with Gasteiger partial charge in [-0.3, -0.25) is 4.79 Å². The lowest BCUT2D eigenvalue weighted by Gasteiger charge is -2.21. The molecule has 0 heterocycles. The predicted octanol–water partition coefficient (Wildman–Crippen LogP) is 2.21. The van der Waals surface area contributed by atoms with Crippen molar-refractivity contribution in [3.05, 3.63) is 29.3 Å². The molecule has 0 spiro atoms. The number of aliphatic hydroxyl groups excluding tert-OH is 1. The maximum absolute atomic E-state index is 14.2. The molecule has 1 saturated carbocycles. The molecule has 4 nitrogen and oxygen atoms in total. The van der Waals surface area contributed by atoms with E-state index in [1.165, 1.54) is 7.05 Å². The van der Waals surface area contributed by atoms with Crippen LogP contribution < -0.4 is 4.74 Å². The van der Waals surface area contributed by atoms with Crippen molar-refractivity contribution < 1.29 is 23.4 Å². The normalized spacial score (nSPS) is 15.7. The van der Waals surface area contributed by atoms with E-state index in [9.17, 15) is 18.7 Å². The number of ether oxygens (including phenoxy) is 1. The smallest absolute Gasteiger partial charge is 0.259 e.